The molecule has 2 amide bonds. The largest absolute Gasteiger partial charge is 0.336 e. The first-order valence-corrected chi connectivity index (χ1v) is 8.82. The fourth-order valence-corrected chi connectivity index (χ4v) is 3.37. The number of rotatable bonds is 6. The number of likely N-dealkylation sites (tertiary alicyclic amines) is 1. The Bertz CT molecular complexity index is 680. The minimum Gasteiger partial charge on any atom is -0.336 e. The number of hydrogen-bond acceptors (Lipinski definition) is 4. The van der Waals surface area contributed by atoms with Crippen molar-refractivity contribution < 1.29 is 4.79 Å². The molecule has 1 saturated heterocycles. The minimum absolute atomic E-state index is 0.185. The molecule has 1 aromatic heterocycles. The first kappa shape index (κ1) is 17.4. The molecule has 1 aliphatic rings. The zero-order valence-electron chi connectivity index (χ0n) is 14.9. The number of carbonyl (C=O) groups excluding carboxylic acids is 1. The molecule has 2 N–H and O–H groups in total. The lowest BCUT2D eigenvalue weighted by atomic mass is 10.1. The van der Waals surface area contributed by atoms with E-state index in [-0.39, 0.29) is 18.1 Å². The smallest absolute Gasteiger partial charge is 0.315 e. The molecule has 1 aliphatic heterocycles. The van der Waals surface area contributed by atoms with Crippen molar-refractivity contribution >= 4 is 6.03 Å². The average Bonchev–Trinajstić information content (AvgIpc) is 3.28. The van der Waals surface area contributed by atoms with E-state index in [0.717, 1.165) is 18.9 Å². The van der Waals surface area contributed by atoms with Crippen molar-refractivity contribution in [2.45, 2.75) is 31.8 Å². The monoisotopic (exact) mass is 342 g/mol. The molecular weight excluding hydrogens is 316 g/mol. The zero-order chi connectivity index (χ0) is 17.6. The number of nitrogens with one attached hydrogen (secondary N) is 2. The molecule has 3 rings (SSSR count). The number of urea groups is 1. The summed E-state index contributed by atoms with van der Waals surface area (Å²) in [6.45, 7) is 4.65. The second-order valence-electron chi connectivity index (χ2n) is 6.55. The van der Waals surface area contributed by atoms with Crippen LogP contribution in [0.1, 0.15) is 43.2 Å². The van der Waals surface area contributed by atoms with Gasteiger partial charge in [-0.25, -0.2) is 4.79 Å². The third kappa shape index (κ3) is 4.36. The van der Waals surface area contributed by atoms with Gasteiger partial charge in [-0.05, 0) is 38.4 Å². The van der Waals surface area contributed by atoms with Crippen molar-refractivity contribution in [3.8, 4) is 0 Å². The van der Waals surface area contributed by atoms with Crippen LogP contribution in [0.5, 0.6) is 0 Å². The molecule has 0 bridgehead atoms. The fourth-order valence-electron chi connectivity index (χ4n) is 3.37. The van der Waals surface area contributed by atoms with Gasteiger partial charge in [-0.3, -0.25) is 4.90 Å². The van der Waals surface area contributed by atoms with E-state index in [2.05, 4.69) is 50.0 Å². The van der Waals surface area contributed by atoms with E-state index in [0.29, 0.717) is 6.54 Å². The zero-order valence-corrected chi connectivity index (χ0v) is 14.9. The van der Waals surface area contributed by atoms with E-state index >= 15 is 0 Å². The Labute approximate surface area is 148 Å². The van der Waals surface area contributed by atoms with Gasteiger partial charge in [0.2, 0.25) is 0 Å². The van der Waals surface area contributed by atoms with Gasteiger partial charge >= 0.3 is 6.03 Å². The minimum atomic E-state index is -0.200. The van der Waals surface area contributed by atoms with Crippen LogP contribution >= 0.6 is 0 Å². The first-order valence-electron chi connectivity index (χ1n) is 8.82. The molecule has 0 unspecified atom stereocenters. The van der Waals surface area contributed by atoms with Gasteiger partial charge in [0.15, 0.2) is 5.82 Å². The maximum Gasteiger partial charge on any atom is 0.315 e. The Kier molecular flexibility index (Phi) is 5.65. The molecule has 1 aromatic carbocycles. The predicted molar refractivity (Wildman–Crippen MR) is 95.9 cm³/mol. The third-order valence-electron chi connectivity index (χ3n) is 4.70. The Morgan fingerprint density at radius 3 is 2.60 bits per heavy atom. The van der Waals surface area contributed by atoms with Crippen LogP contribution in [0, 0.1) is 0 Å². The number of carbonyl (C=O) groups is 1. The number of nitrogens with zero attached hydrogens (tertiary/aromatic N) is 4. The summed E-state index contributed by atoms with van der Waals surface area (Å²) in [4.78, 5) is 14.8. The van der Waals surface area contributed by atoms with Gasteiger partial charge in [0, 0.05) is 13.6 Å². The summed E-state index contributed by atoms with van der Waals surface area (Å²) in [6.07, 6.45) is 4.07. The number of amides is 2. The van der Waals surface area contributed by atoms with E-state index in [9.17, 15) is 4.79 Å². The predicted octanol–water partition coefficient (Wildman–Crippen LogP) is 2.01. The van der Waals surface area contributed by atoms with E-state index in [1.165, 1.54) is 18.4 Å². The van der Waals surface area contributed by atoms with E-state index < -0.39 is 0 Å². The van der Waals surface area contributed by atoms with Gasteiger partial charge in [0.25, 0.3) is 0 Å². The molecule has 1 fully saturated rings. The van der Waals surface area contributed by atoms with E-state index in [1.54, 1.807) is 6.33 Å². The molecular formula is C18H26N6O. The van der Waals surface area contributed by atoms with Crippen molar-refractivity contribution in [1.82, 2.24) is 30.3 Å². The highest BCUT2D eigenvalue weighted by molar-refractivity contribution is 5.74. The molecule has 7 heteroatoms. The van der Waals surface area contributed by atoms with Gasteiger partial charge < -0.3 is 15.2 Å². The Balaban J connectivity index is 1.59. The molecule has 25 heavy (non-hydrogen) atoms. The molecule has 0 aliphatic carbocycles. The maximum atomic E-state index is 12.3. The number of hydrogen-bond donors (Lipinski definition) is 2. The van der Waals surface area contributed by atoms with E-state index in [4.69, 9.17) is 0 Å². The molecule has 134 valence electrons. The summed E-state index contributed by atoms with van der Waals surface area (Å²) < 4.78 is 1.81. The summed E-state index contributed by atoms with van der Waals surface area (Å²) in [5.74, 6) is 0.731. The van der Waals surface area contributed by atoms with Gasteiger partial charge in [0.05, 0.1) is 12.1 Å². The topological polar surface area (TPSA) is 75.1 Å². The molecule has 2 aromatic rings. The highest BCUT2D eigenvalue weighted by atomic mass is 16.2. The van der Waals surface area contributed by atoms with Crippen LogP contribution in [0.3, 0.4) is 0 Å². The molecule has 0 radical (unpaired) electrons. The summed E-state index contributed by atoms with van der Waals surface area (Å²) in [6, 6.07) is 10.2. The van der Waals surface area contributed by atoms with Crippen LogP contribution in [0.4, 0.5) is 4.79 Å². The van der Waals surface area contributed by atoms with Crippen LogP contribution in [0.25, 0.3) is 0 Å². The van der Waals surface area contributed by atoms with Gasteiger partial charge in [-0.15, -0.1) is 10.2 Å². The molecule has 2 atom stereocenters. The Hall–Kier alpha value is -2.41. The number of aryl methyl sites for hydroxylation is 1. The number of aromatic nitrogens is 3. The van der Waals surface area contributed by atoms with Crippen LogP contribution in [0.2, 0.25) is 0 Å². The highest BCUT2D eigenvalue weighted by Crippen LogP contribution is 2.24. The van der Waals surface area contributed by atoms with Gasteiger partial charge in [-0.2, -0.15) is 0 Å². The van der Waals surface area contributed by atoms with Crippen molar-refractivity contribution in [3.63, 3.8) is 0 Å². The van der Waals surface area contributed by atoms with Crippen molar-refractivity contribution in [3.05, 3.63) is 48.0 Å². The quantitative estimate of drug-likeness (QED) is 0.842. The van der Waals surface area contributed by atoms with Crippen LogP contribution < -0.4 is 10.6 Å². The summed E-state index contributed by atoms with van der Waals surface area (Å²) in [5, 5.41) is 13.8. The summed E-state index contributed by atoms with van der Waals surface area (Å²) in [7, 11) is 1.87. The molecule has 0 saturated carbocycles. The summed E-state index contributed by atoms with van der Waals surface area (Å²) in [5.41, 5.74) is 1.24. The summed E-state index contributed by atoms with van der Waals surface area (Å²) >= 11 is 0. The van der Waals surface area contributed by atoms with Crippen LogP contribution in [-0.4, -0.2) is 45.3 Å². The van der Waals surface area contributed by atoms with Crippen LogP contribution in [0.15, 0.2) is 36.7 Å². The second-order valence-corrected chi connectivity index (χ2v) is 6.55. The Morgan fingerprint density at radius 1 is 1.24 bits per heavy atom. The lowest BCUT2D eigenvalue weighted by Crippen LogP contribution is -2.42. The lowest BCUT2D eigenvalue weighted by molar-refractivity contribution is 0.218. The molecule has 0 spiro atoms. The third-order valence-corrected chi connectivity index (χ3v) is 4.70. The maximum absolute atomic E-state index is 12.3. The molecule has 2 heterocycles. The lowest BCUT2D eigenvalue weighted by Gasteiger charge is -2.28. The highest BCUT2D eigenvalue weighted by Gasteiger charge is 2.24. The van der Waals surface area contributed by atoms with Gasteiger partial charge in [0.1, 0.15) is 6.33 Å². The van der Waals surface area contributed by atoms with Crippen molar-refractivity contribution in [2.75, 3.05) is 19.6 Å². The number of benzene rings is 1. The second kappa shape index (κ2) is 8.11. The van der Waals surface area contributed by atoms with Crippen LogP contribution in [-0.2, 0) is 7.05 Å². The van der Waals surface area contributed by atoms with Crippen molar-refractivity contribution in [1.29, 1.82) is 0 Å². The van der Waals surface area contributed by atoms with Crippen molar-refractivity contribution in [2.24, 2.45) is 7.05 Å². The normalized spacial score (nSPS) is 17.2. The van der Waals surface area contributed by atoms with Gasteiger partial charge in [-0.1, -0.05) is 30.3 Å². The fraction of sp³-hybridized carbons (Fsp3) is 0.500. The first-order chi connectivity index (χ1) is 12.1. The SMILES string of the molecule is C[C@H](NC(=O)NC[C@H](c1ccccc1)N1CCCC1)c1nncn1C. The van der Waals surface area contributed by atoms with E-state index in [1.807, 2.05) is 24.6 Å². The standard InChI is InChI=1S/C18H26N6O/c1-14(17-22-20-13-23(17)2)21-18(25)19-12-16(24-10-6-7-11-24)15-8-4-3-5-9-15/h3-5,8-9,13-14,16H,6-7,10-12H2,1-2H3,(H2,19,21,25)/t14-,16+/m0/s1. The molecule has 7 nitrogen and oxygen atoms in total. The Morgan fingerprint density at radius 2 is 1.96 bits per heavy atom. The average molecular weight is 342 g/mol.